The lowest BCUT2D eigenvalue weighted by Gasteiger charge is -2.34. The Morgan fingerprint density at radius 2 is 2.24 bits per heavy atom. The van der Waals surface area contributed by atoms with Gasteiger partial charge in [0.15, 0.2) is 0 Å². The van der Waals surface area contributed by atoms with E-state index in [0.29, 0.717) is 12.1 Å². The van der Waals surface area contributed by atoms with Crippen LogP contribution in [-0.2, 0) is 11.3 Å². The molecule has 1 heterocycles. The zero-order valence-electron chi connectivity index (χ0n) is 13.4. The van der Waals surface area contributed by atoms with Crippen molar-refractivity contribution in [2.45, 2.75) is 52.3 Å². The zero-order chi connectivity index (χ0) is 15.2. The van der Waals surface area contributed by atoms with Gasteiger partial charge in [0, 0.05) is 43.0 Å². The maximum Gasteiger partial charge on any atom is 0.0750 e. The maximum atomic E-state index is 6.43. The van der Waals surface area contributed by atoms with Crippen molar-refractivity contribution in [2.24, 2.45) is 0 Å². The van der Waals surface area contributed by atoms with Crippen LogP contribution in [0.4, 0.5) is 5.69 Å². The van der Waals surface area contributed by atoms with Crippen molar-refractivity contribution in [1.82, 2.24) is 5.32 Å². The minimum absolute atomic E-state index is 0.352. The van der Waals surface area contributed by atoms with Crippen LogP contribution in [0.2, 0.25) is 5.02 Å². The van der Waals surface area contributed by atoms with E-state index in [1.165, 1.54) is 12.1 Å². The van der Waals surface area contributed by atoms with Crippen LogP contribution in [0.5, 0.6) is 0 Å². The summed E-state index contributed by atoms with van der Waals surface area (Å²) in [5, 5.41) is 4.25. The lowest BCUT2D eigenvalue weighted by Crippen LogP contribution is -2.39. The molecule has 0 aromatic heterocycles. The second-order valence-corrected chi connectivity index (χ2v) is 6.38. The minimum Gasteiger partial charge on any atom is -0.377 e. The number of ether oxygens (including phenoxy) is 1. The van der Waals surface area contributed by atoms with Crippen molar-refractivity contribution in [2.75, 3.05) is 24.6 Å². The average molecular weight is 311 g/mol. The standard InChI is InChI=1S/C17H27ClN2O/c1-4-21-16-6-5-9-20(12-16)15-8-7-14(17(18)10-15)11-19-13(2)3/h7-8,10,13,16,19H,4-6,9,11-12H2,1-3H3. The topological polar surface area (TPSA) is 24.5 Å². The molecule has 1 aromatic carbocycles. The number of rotatable bonds is 6. The van der Waals surface area contributed by atoms with Crippen LogP contribution in [0.1, 0.15) is 39.2 Å². The Bertz CT molecular complexity index is 448. The Morgan fingerprint density at radius 1 is 1.43 bits per heavy atom. The van der Waals surface area contributed by atoms with Gasteiger partial charge in [0.1, 0.15) is 0 Å². The SMILES string of the molecule is CCOC1CCCN(c2ccc(CNC(C)C)c(Cl)c2)C1. The summed E-state index contributed by atoms with van der Waals surface area (Å²) >= 11 is 6.43. The first kappa shape index (κ1) is 16.6. The molecule has 1 N–H and O–H groups in total. The van der Waals surface area contributed by atoms with E-state index in [1.54, 1.807) is 0 Å². The van der Waals surface area contributed by atoms with E-state index < -0.39 is 0 Å². The van der Waals surface area contributed by atoms with Crippen LogP contribution in [0.15, 0.2) is 18.2 Å². The van der Waals surface area contributed by atoms with Crippen LogP contribution in [0.3, 0.4) is 0 Å². The maximum absolute atomic E-state index is 6.43. The Labute approximate surface area is 133 Å². The van der Waals surface area contributed by atoms with Crippen LogP contribution in [-0.4, -0.2) is 31.8 Å². The van der Waals surface area contributed by atoms with Gasteiger partial charge < -0.3 is 15.0 Å². The quantitative estimate of drug-likeness (QED) is 0.864. The van der Waals surface area contributed by atoms with Gasteiger partial charge in [0.05, 0.1) is 6.10 Å². The first-order chi connectivity index (χ1) is 10.1. The van der Waals surface area contributed by atoms with E-state index in [-0.39, 0.29) is 0 Å². The zero-order valence-corrected chi connectivity index (χ0v) is 14.1. The summed E-state index contributed by atoms with van der Waals surface area (Å²) in [5.41, 5.74) is 2.37. The van der Waals surface area contributed by atoms with Crippen molar-refractivity contribution in [3.05, 3.63) is 28.8 Å². The molecular weight excluding hydrogens is 284 g/mol. The van der Waals surface area contributed by atoms with E-state index in [1.807, 2.05) is 0 Å². The highest BCUT2D eigenvalue weighted by atomic mass is 35.5. The van der Waals surface area contributed by atoms with Crippen LogP contribution in [0.25, 0.3) is 0 Å². The van der Waals surface area contributed by atoms with Crippen molar-refractivity contribution in [1.29, 1.82) is 0 Å². The molecule has 1 aliphatic rings. The molecular formula is C17H27ClN2O. The number of piperidine rings is 1. The van der Waals surface area contributed by atoms with Crippen LogP contribution >= 0.6 is 11.6 Å². The minimum atomic E-state index is 0.352. The summed E-state index contributed by atoms with van der Waals surface area (Å²) in [5.74, 6) is 0. The Morgan fingerprint density at radius 3 is 2.90 bits per heavy atom. The monoisotopic (exact) mass is 310 g/mol. The summed E-state index contributed by atoms with van der Waals surface area (Å²) in [6.07, 6.45) is 2.69. The average Bonchev–Trinajstić information content (AvgIpc) is 2.46. The van der Waals surface area contributed by atoms with Gasteiger partial charge in [0.2, 0.25) is 0 Å². The molecule has 1 aromatic rings. The number of halogens is 1. The molecule has 0 bridgehead atoms. The van der Waals surface area contributed by atoms with E-state index in [4.69, 9.17) is 16.3 Å². The van der Waals surface area contributed by atoms with Crippen LogP contribution < -0.4 is 10.2 Å². The molecule has 1 fully saturated rings. The number of hydrogen-bond acceptors (Lipinski definition) is 3. The van der Waals surface area contributed by atoms with Crippen molar-refractivity contribution in [3.8, 4) is 0 Å². The Hall–Kier alpha value is -0.770. The number of anilines is 1. The molecule has 3 nitrogen and oxygen atoms in total. The largest absolute Gasteiger partial charge is 0.377 e. The highest BCUT2D eigenvalue weighted by Crippen LogP contribution is 2.26. The van der Waals surface area contributed by atoms with Crippen molar-refractivity contribution < 1.29 is 4.74 Å². The van der Waals surface area contributed by atoms with Gasteiger partial charge in [-0.15, -0.1) is 0 Å². The molecule has 0 radical (unpaired) electrons. The molecule has 4 heteroatoms. The molecule has 0 saturated carbocycles. The molecule has 1 atom stereocenters. The second kappa shape index (κ2) is 8.02. The van der Waals surface area contributed by atoms with E-state index >= 15 is 0 Å². The lowest BCUT2D eigenvalue weighted by molar-refractivity contribution is 0.0527. The predicted octanol–water partition coefficient (Wildman–Crippen LogP) is 3.84. The molecule has 0 spiro atoms. The van der Waals surface area contributed by atoms with Gasteiger partial charge in [0.25, 0.3) is 0 Å². The molecule has 21 heavy (non-hydrogen) atoms. The summed E-state index contributed by atoms with van der Waals surface area (Å²) in [6, 6.07) is 6.87. The number of benzene rings is 1. The molecule has 1 saturated heterocycles. The molecule has 118 valence electrons. The van der Waals surface area contributed by atoms with E-state index in [9.17, 15) is 0 Å². The highest BCUT2D eigenvalue weighted by Gasteiger charge is 2.20. The first-order valence-electron chi connectivity index (χ1n) is 7.98. The summed E-state index contributed by atoms with van der Waals surface area (Å²) in [6.45, 7) is 10.0. The predicted molar refractivity (Wildman–Crippen MR) is 90.3 cm³/mol. The van der Waals surface area contributed by atoms with E-state index in [2.05, 4.69) is 49.2 Å². The third-order valence-corrected chi connectivity index (χ3v) is 4.23. The summed E-state index contributed by atoms with van der Waals surface area (Å²) < 4.78 is 5.77. The fraction of sp³-hybridized carbons (Fsp3) is 0.647. The lowest BCUT2D eigenvalue weighted by atomic mass is 10.1. The molecule has 0 amide bonds. The van der Waals surface area contributed by atoms with Gasteiger partial charge >= 0.3 is 0 Å². The third kappa shape index (κ3) is 4.87. The van der Waals surface area contributed by atoms with Crippen molar-refractivity contribution in [3.63, 3.8) is 0 Å². The first-order valence-corrected chi connectivity index (χ1v) is 8.36. The smallest absolute Gasteiger partial charge is 0.0750 e. The summed E-state index contributed by atoms with van der Waals surface area (Å²) in [4.78, 5) is 2.38. The van der Waals surface area contributed by atoms with Gasteiger partial charge in [-0.05, 0) is 37.5 Å². The second-order valence-electron chi connectivity index (χ2n) is 5.98. The fourth-order valence-corrected chi connectivity index (χ4v) is 2.98. The van der Waals surface area contributed by atoms with Crippen molar-refractivity contribution >= 4 is 17.3 Å². The molecule has 2 rings (SSSR count). The van der Waals surface area contributed by atoms with Gasteiger partial charge in [-0.3, -0.25) is 0 Å². The third-order valence-electron chi connectivity index (χ3n) is 3.88. The van der Waals surface area contributed by atoms with Gasteiger partial charge in [-0.25, -0.2) is 0 Å². The normalized spacial score (nSPS) is 19.3. The molecule has 1 unspecified atom stereocenters. The molecule has 0 aliphatic carbocycles. The number of nitrogens with one attached hydrogen (secondary N) is 1. The number of nitrogens with zero attached hydrogens (tertiary/aromatic N) is 1. The Balaban J connectivity index is 2.01. The highest BCUT2D eigenvalue weighted by molar-refractivity contribution is 6.31. The molecule has 1 aliphatic heterocycles. The van der Waals surface area contributed by atoms with Gasteiger partial charge in [-0.2, -0.15) is 0 Å². The van der Waals surface area contributed by atoms with E-state index in [0.717, 1.165) is 43.2 Å². The fourth-order valence-electron chi connectivity index (χ4n) is 2.73. The Kier molecular flexibility index (Phi) is 6.34. The van der Waals surface area contributed by atoms with Crippen LogP contribution in [0, 0.1) is 0 Å². The summed E-state index contributed by atoms with van der Waals surface area (Å²) in [7, 11) is 0. The van der Waals surface area contributed by atoms with Gasteiger partial charge in [-0.1, -0.05) is 31.5 Å². The number of hydrogen-bond donors (Lipinski definition) is 1.